The number of Topliss-reactive ketones (excluding diaryl/α,β-unsaturated/α-hetero) is 1. The molecule has 0 spiro atoms. The number of carbonyl (C=O) groups is 2. The standard InChI is InChI=1S/C12H20O3/c1-6-7-9(8-10(13)15-5)11(14)12(2,3)4/h6,9H,1,7-8H2,2-5H3/t9-/m1/s1. The maximum Gasteiger partial charge on any atom is 0.306 e. The number of ether oxygens (including phenoxy) is 1. The van der Waals surface area contributed by atoms with Crippen LogP contribution >= 0.6 is 0 Å². The number of methoxy groups -OCH3 is 1. The van der Waals surface area contributed by atoms with E-state index >= 15 is 0 Å². The van der Waals surface area contributed by atoms with Crippen LogP contribution in [0.1, 0.15) is 33.6 Å². The molecule has 0 aliphatic carbocycles. The highest BCUT2D eigenvalue weighted by atomic mass is 16.5. The molecule has 0 aromatic rings. The van der Waals surface area contributed by atoms with Crippen molar-refractivity contribution in [2.24, 2.45) is 11.3 Å². The lowest BCUT2D eigenvalue weighted by molar-refractivity contribution is -0.145. The largest absolute Gasteiger partial charge is 0.469 e. The zero-order chi connectivity index (χ0) is 12.1. The van der Waals surface area contributed by atoms with Crippen molar-refractivity contribution in [1.82, 2.24) is 0 Å². The van der Waals surface area contributed by atoms with Crippen molar-refractivity contribution in [3.8, 4) is 0 Å². The van der Waals surface area contributed by atoms with Crippen molar-refractivity contribution >= 4 is 11.8 Å². The number of rotatable bonds is 5. The first kappa shape index (κ1) is 13.9. The maximum atomic E-state index is 12.0. The summed E-state index contributed by atoms with van der Waals surface area (Å²) < 4.78 is 4.56. The molecule has 0 radical (unpaired) electrons. The van der Waals surface area contributed by atoms with Crippen LogP contribution in [0, 0.1) is 11.3 Å². The summed E-state index contributed by atoms with van der Waals surface area (Å²) in [5.41, 5.74) is -0.429. The van der Waals surface area contributed by atoms with Crippen LogP contribution in [0.15, 0.2) is 12.7 Å². The monoisotopic (exact) mass is 212 g/mol. The van der Waals surface area contributed by atoms with Gasteiger partial charge >= 0.3 is 5.97 Å². The van der Waals surface area contributed by atoms with Gasteiger partial charge in [-0.05, 0) is 6.42 Å². The average molecular weight is 212 g/mol. The van der Waals surface area contributed by atoms with E-state index in [9.17, 15) is 9.59 Å². The second kappa shape index (κ2) is 5.69. The summed E-state index contributed by atoms with van der Waals surface area (Å²) in [6, 6.07) is 0. The normalized spacial score (nSPS) is 13.1. The van der Waals surface area contributed by atoms with Crippen molar-refractivity contribution < 1.29 is 14.3 Å². The first-order valence-corrected chi connectivity index (χ1v) is 5.05. The van der Waals surface area contributed by atoms with E-state index in [1.807, 2.05) is 20.8 Å². The van der Waals surface area contributed by atoms with E-state index < -0.39 is 5.41 Å². The van der Waals surface area contributed by atoms with E-state index in [0.717, 1.165) is 0 Å². The molecule has 0 bridgehead atoms. The minimum absolute atomic E-state index is 0.0767. The Morgan fingerprint density at radius 2 is 1.93 bits per heavy atom. The Bertz CT molecular complexity index is 248. The molecule has 15 heavy (non-hydrogen) atoms. The summed E-state index contributed by atoms with van der Waals surface area (Å²) in [7, 11) is 1.33. The summed E-state index contributed by atoms with van der Waals surface area (Å²) in [5, 5.41) is 0. The number of hydrogen-bond acceptors (Lipinski definition) is 3. The smallest absolute Gasteiger partial charge is 0.306 e. The molecule has 0 saturated heterocycles. The predicted molar refractivity (Wildman–Crippen MR) is 59.4 cm³/mol. The molecular formula is C12H20O3. The molecule has 0 aromatic carbocycles. The molecule has 0 aliphatic heterocycles. The highest BCUT2D eigenvalue weighted by Crippen LogP contribution is 2.24. The Morgan fingerprint density at radius 1 is 1.40 bits per heavy atom. The molecule has 0 N–H and O–H groups in total. The third kappa shape index (κ3) is 4.77. The summed E-state index contributed by atoms with van der Waals surface area (Å²) in [4.78, 5) is 23.1. The van der Waals surface area contributed by atoms with E-state index in [4.69, 9.17) is 0 Å². The van der Waals surface area contributed by atoms with Gasteiger partial charge in [0.2, 0.25) is 0 Å². The average Bonchev–Trinajstić information content (AvgIpc) is 2.14. The number of allylic oxidation sites excluding steroid dienone is 1. The SMILES string of the molecule is C=CC[C@H](CC(=O)OC)C(=O)C(C)(C)C. The van der Waals surface area contributed by atoms with Crippen LogP contribution in [0.3, 0.4) is 0 Å². The topological polar surface area (TPSA) is 43.4 Å². The van der Waals surface area contributed by atoms with Crippen LogP contribution in [-0.4, -0.2) is 18.9 Å². The Labute approximate surface area is 91.5 Å². The van der Waals surface area contributed by atoms with E-state index in [-0.39, 0.29) is 24.1 Å². The quantitative estimate of drug-likeness (QED) is 0.519. The van der Waals surface area contributed by atoms with Gasteiger partial charge in [-0.2, -0.15) is 0 Å². The third-order valence-corrected chi connectivity index (χ3v) is 2.20. The van der Waals surface area contributed by atoms with Crippen LogP contribution in [0.2, 0.25) is 0 Å². The van der Waals surface area contributed by atoms with E-state index in [2.05, 4.69) is 11.3 Å². The molecule has 0 unspecified atom stereocenters. The van der Waals surface area contributed by atoms with Gasteiger partial charge in [-0.25, -0.2) is 0 Å². The first-order valence-electron chi connectivity index (χ1n) is 5.05. The van der Waals surface area contributed by atoms with Crippen LogP contribution in [-0.2, 0) is 14.3 Å². The van der Waals surface area contributed by atoms with Crippen LogP contribution < -0.4 is 0 Å². The number of hydrogen-bond donors (Lipinski definition) is 0. The molecule has 0 rings (SSSR count). The molecule has 0 amide bonds. The Balaban J connectivity index is 4.59. The van der Waals surface area contributed by atoms with Crippen LogP contribution in [0.25, 0.3) is 0 Å². The second-order valence-corrected chi connectivity index (χ2v) is 4.62. The van der Waals surface area contributed by atoms with E-state index in [0.29, 0.717) is 6.42 Å². The highest BCUT2D eigenvalue weighted by Gasteiger charge is 2.30. The number of carbonyl (C=O) groups excluding carboxylic acids is 2. The summed E-state index contributed by atoms with van der Waals surface area (Å²) in [6.07, 6.45) is 2.32. The second-order valence-electron chi connectivity index (χ2n) is 4.62. The van der Waals surface area contributed by atoms with Gasteiger partial charge in [-0.3, -0.25) is 9.59 Å². The minimum Gasteiger partial charge on any atom is -0.469 e. The molecule has 0 heterocycles. The first-order chi connectivity index (χ1) is 6.82. The van der Waals surface area contributed by atoms with Gasteiger partial charge in [0.05, 0.1) is 13.5 Å². The fourth-order valence-electron chi connectivity index (χ4n) is 1.38. The summed E-state index contributed by atoms with van der Waals surface area (Å²) in [5.74, 6) is -0.581. The van der Waals surface area contributed by atoms with E-state index in [1.54, 1.807) is 6.08 Å². The van der Waals surface area contributed by atoms with Gasteiger partial charge in [-0.1, -0.05) is 26.8 Å². The molecule has 0 saturated carbocycles. The zero-order valence-corrected chi connectivity index (χ0v) is 10.0. The summed E-state index contributed by atoms with van der Waals surface area (Å²) in [6.45, 7) is 9.14. The van der Waals surface area contributed by atoms with Crippen molar-refractivity contribution in [1.29, 1.82) is 0 Å². The molecule has 1 atom stereocenters. The Kier molecular flexibility index (Phi) is 5.26. The van der Waals surface area contributed by atoms with Gasteiger partial charge in [-0.15, -0.1) is 6.58 Å². The number of ketones is 1. The Morgan fingerprint density at radius 3 is 2.27 bits per heavy atom. The number of esters is 1. The Hall–Kier alpha value is -1.12. The molecule has 86 valence electrons. The fourth-order valence-corrected chi connectivity index (χ4v) is 1.38. The third-order valence-electron chi connectivity index (χ3n) is 2.20. The maximum absolute atomic E-state index is 12.0. The molecule has 0 aromatic heterocycles. The van der Waals surface area contributed by atoms with Crippen molar-refractivity contribution in [2.45, 2.75) is 33.6 Å². The van der Waals surface area contributed by atoms with E-state index in [1.165, 1.54) is 7.11 Å². The van der Waals surface area contributed by atoms with Crippen molar-refractivity contribution in [3.05, 3.63) is 12.7 Å². The predicted octanol–water partition coefficient (Wildman–Crippen LogP) is 2.36. The lowest BCUT2D eigenvalue weighted by Crippen LogP contribution is -2.30. The van der Waals surface area contributed by atoms with Gasteiger partial charge < -0.3 is 4.74 Å². The highest BCUT2D eigenvalue weighted by molar-refractivity contribution is 5.89. The lowest BCUT2D eigenvalue weighted by Gasteiger charge is -2.23. The fraction of sp³-hybridized carbons (Fsp3) is 0.667. The molecule has 0 fully saturated rings. The summed E-state index contributed by atoms with van der Waals surface area (Å²) >= 11 is 0. The van der Waals surface area contributed by atoms with Crippen molar-refractivity contribution in [3.63, 3.8) is 0 Å². The van der Waals surface area contributed by atoms with Gasteiger partial charge in [0.25, 0.3) is 0 Å². The van der Waals surface area contributed by atoms with Crippen LogP contribution in [0.5, 0.6) is 0 Å². The lowest BCUT2D eigenvalue weighted by atomic mass is 9.80. The zero-order valence-electron chi connectivity index (χ0n) is 10.0. The molecule has 3 heteroatoms. The molecule has 3 nitrogen and oxygen atoms in total. The van der Waals surface area contributed by atoms with Crippen molar-refractivity contribution in [2.75, 3.05) is 7.11 Å². The minimum atomic E-state index is -0.429. The van der Waals surface area contributed by atoms with Gasteiger partial charge in [0, 0.05) is 11.3 Å². The molecule has 0 aliphatic rings. The van der Waals surface area contributed by atoms with Gasteiger partial charge in [0.15, 0.2) is 0 Å². The van der Waals surface area contributed by atoms with Gasteiger partial charge in [0.1, 0.15) is 5.78 Å². The molecular weight excluding hydrogens is 192 g/mol. The van der Waals surface area contributed by atoms with Crippen LogP contribution in [0.4, 0.5) is 0 Å².